The maximum atomic E-state index is 10.5. The number of hydrogen-bond donors (Lipinski definition) is 5. The van der Waals surface area contributed by atoms with E-state index >= 15 is 0 Å². The first kappa shape index (κ1) is 11.3. The fourth-order valence-corrected chi connectivity index (χ4v) is 1.33. The monoisotopic (exact) mass is 208 g/mol. The molecule has 0 aliphatic carbocycles. The summed E-state index contributed by atoms with van der Waals surface area (Å²) in [7, 11) is 0. The van der Waals surface area contributed by atoms with Crippen LogP contribution in [0.5, 0.6) is 0 Å². The molecular formula is C7H12O7. The molecule has 7 heteroatoms. The second kappa shape index (κ2) is 3.79. The van der Waals surface area contributed by atoms with Crippen LogP contribution in [0.15, 0.2) is 0 Å². The highest BCUT2D eigenvalue weighted by Crippen LogP contribution is 2.30. The van der Waals surface area contributed by atoms with Crippen LogP contribution in [-0.4, -0.2) is 62.2 Å². The van der Waals surface area contributed by atoms with Gasteiger partial charge in [0.25, 0.3) is 5.79 Å². The smallest absolute Gasteiger partial charge is 0.364 e. The molecule has 0 radical (unpaired) electrons. The number of carbonyl (C=O) groups is 1. The first-order valence-corrected chi connectivity index (χ1v) is 4.01. The lowest BCUT2D eigenvalue weighted by molar-refractivity contribution is -0.226. The molecule has 1 saturated heterocycles. The van der Waals surface area contributed by atoms with Gasteiger partial charge in [-0.1, -0.05) is 0 Å². The zero-order valence-corrected chi connectivity index (χ0v) is 7.20. The van der Waals surface area contributed by atoms with Crippen molar-refractivity contribution >= 4 is 5.97 Å². The number of hydrogen-bond acceptors (Lipinski definition) is 6. The Balaban J connectivity index is 2.73. The molecule has 0 bridgehead atoms. The topological polar surface area (TPSA) is 127 Å². The lowest BCUT2D eigenvalue weighted by Gasteiger charge is -2.20. The van der Waals surface area contributed by atoms with Crippen molar-refractivity contribution in [3.63, 3.8) is 0 Å². The number of aliphatic hydroxyl groups is 4. The quantitative estimate of drug-likeness (QED) is 0.340. The van der Waals surface area contributed by atoms with Crippen molar-refractivity contribution in [1.82, 2.24) is 0 Å². The molecule has 7 nitrogen and oxygen atoms in total. The summed E-state index contributed by atoms with van der Waals surface area (Å²) < 4.78 is 4.57. The molecule has 1 fully saturated rings. The zero-order valence-electron chi connectivity index (χ0n) is 7.20. The van der Waals surface area contributed by atoms with Gasteiger partial charge >= 0.3 is 5.97 Å². The van der Waals surface area contributed by atoms with E-state index in [1.165, 1.54) is 0 Å². The number of aliphatic hydroxyl groups excluding tert-OH is 3. The van der Waals surface area contributed by atoms with Crippen molar-refractivity contribution in [1.29, 1.82) is 0 Å². The Labute approximate surface area is 79.2 Å². The van der Waals surface area contributed by atoms with Gasteiger partial charge in [-0.3, -0.25) is 0 Å². The van der Waals surface area contributed by atoms with Crippen LogP contribution in [-0.2, 0) is 9.53 Å². The van der Waals surface area contributed by atoms with E-state index in [4.69, 9.17) is 15.3 Å². The average molecular weight is 208 g/mol. The van der Waals surface area contributed by atoms with Crippen molar-refractivity contribution in [3.05, 3.63) is 0 Å². The van der Waals surface area contributed by atoms with E-state index in [1.54, 1.807) is 0 Å². The summed E-state index contributed by atoms with van der Waals surface area (Å²) in [5.74, 6) is -4.12. The fraction of sp³-hybridized carbons (Fsp3) is 0.857. The van der Waals surface area contributed by atoms with E-state index in [1.807, 2.05) is 0 Å². The third-order valence-electron chi connectivity index (χ3n) is 2.10. The molecule has 4 atom stereocenters. The minimum Gasteiger partial charge on any atom is -0.477 e. The van der Waals surface area contributed by atoms with E-state index < -0.39 is 43.1 Å². The largest absolute Gasteiger partial charge is 0.477 e. The highest BCUT2D eigenvalue weighted by Gasteiger charge is 2.52. The zero-order chi connectivity index (χ0) is 10.9. The molecule has 1 rings (SSSR count). The van der Waals surface area contributed by atoms with E-state index in [9.17, 15) is 15.0 Å². The number of ether oxygens (including phenoxy) is 1. The van der Waals surface area contributed by atoms with Gasteiger partial charge < -0.3 is 30.3 Å². The Hall–Kier alpha value is -0.730. The summed E-state index contributed by atoms with van der Waals surface area (Å²) in [4.78, 5) is 10.5. The maximum Gasteiger partial charge on any atom is 0.364 e. The molecule has 0 spiro atoms. The molecule has 0 aromatic heterocycles. The predicted molar refractivity (Wildman–Crippen MR) is 41.2 cm³/mol. The minimum absolute atomic E-state index is 0.538. The highest BCUT2D eigenvalue weighted by molar-refractivity contribution is 5.75. The molecule has 14 heavy (non-hydrogen) atoms. The number of rotatable bonds is 3. The van der Waals surface area contributed by atoms with Crippen LogP contribution in [0, 0.1) is 0 Å². The molecule has 0 unspecified atom stereocenters. The van der Waals surface area contributed by atoms with Gasteiger partial charge in [0.2, 0.25) is 0 Å². The van der Waals surface area contributed by atoms with Crippen LogP contribution in [0.25, 0.3) is 0 Å². The van der Waals surface area contributed by atoms with E-state index in [0.717, 1.165) is 0 Å². The second-order valence-electron chi connectivity index (χ2n) is 3.19. The van der Waals surface area contributed by atoms with Crippen LogP contribution in [0.3, 0.4) is 0 Å². The van der Waals surface area contributed by atoms with Gasteiger partial charge in [-0.2, -0.15) is 0 Å². The Morgan fingerprint density at radius 1 is 1.64 bits per heavy atom. The second-order valence-corrected chi connectivity index (χ2v) is 3.19. The average Bonchev–Trinajstić information content (AvgIpc) is 2.42. The first-order valence-electron chi connectivity index (χ1n) is 4.01. The molecule has 1 aliphatic heterocycles. The van der Waals surface area contributed by atoms with E-state index in [2.05, 4.69) is 4.74 Å². The predicted octanol–water partition coefficient (Wildman–Crippen LogP) is -2.74. The van der Waals surface area contributed by atoms with Crippen LogP contribution in [0.2, 0.25) is 0 Å². The van der Waals surface area contributed by atoms with E-state index in [0.29, 0.717) is 0 Å². The van der Waals surface area contributed by atoms with Gasteiger partial charge in [-0.15, -0.1) is 0 Å². The lowest BCUT2D eigenvalue weighted by atomic mass is 10.1. The van der Waals surface area contributed by atoms with Gasteiger partial charge in [0.1, 0.15) is 12.2 Å². The van der Waals surface area contributed by atoms with Crippen molar-refractivity contribution < 1.29 is 35.1 Å². The molecule has 0 saturated carbocycles. The maximum absolute atomic E-state index is 10.5. The third kappa shape index (κ3) is 1.86. The Morgan fingerprint density at radius 2 is 2.21 bits per heavy atom. The Kier molecular flexibility index (Phi) is 3.07. The molecule has 0 amide bonds. The number of carboxylic acid groups (broad SMARTS) is 1. The third-order valence-corrected chi connectivity index (χ3v) is 2.10. The molecule has 1 heterocycles. The number of carboxylic acids is 1. The van der Waals surface area contributed by atoms with Gasteiger partial charge in [0, 0.05) is 6.42 Å². The lowest BCUT2D eigenvalue weighted by Crippen LogP contribution is -2.41. The van der Waals surface area contributed by atoms with Crippen LogP contribution >= 0.6 is 0 Å². The number of aliphatic carboxylic acids is 1. The minimum atomic E-state index is -2.49. The highest BCUT2D eigenvalue weighted by atomic mass is 16.7. The molecular weight excluding hydrogens is 196 g/mol. The van der Waals surface area contributed by atoms with Crippen molar-refractivity contribution in [2.24, 2.45) is 0 Å². The fourth-order valence-electron chi connectivity index (χ4n) is 1.33. The summed E-state index contributed by atoms with van der Waals surface area (Å²) in [6.07, 6.45) is -4.57. The van der Waals surface area contributed by atoms with Crippen molar-refractivity contribution in [2.75, 3.05) is 6.61 Å². The normalized spacial score (nSPS) is 39.7. The van der Waals surface area contributed by atoms with Crippen molar-refractivity contribution in [2.45, 2.75) is 30.5 Å². The van der Waals surface area contributed by atoms with Gasteiger partial charge in [0.05, 0.1) is 12.7 Å². The summed E-state index contributed by atoms with van der Waals surface area (Å²) in [6, 6.07) is 0. The molecule has 5 N–H and O–H groups in total. The summed E-state index contributed by atoms with van der Waals surface area (Å²) in [5.41, 5.74) is 0. The Bertz CT molecular complexity index is 230. The molecule has 0 aromatic carbocycles. The van der Waals surface area contributed by atoms with Gasteiger partial charge in [-0.25, -0.2) is 4.79 Å². The van der Waals surface area contributed by atoms with Crippen LogP contribution in [0.1, 0.15) is 6.42 Å². The van der Waals surface area contributed by atoms with Crippen molar-refractivity contribution in [3.8, 4) is 0 Å². The summed E-state index contributed by atoms with van der Waals surface area (Å²) in [6.45, 7) is -0.683. The van der Waals surface area contributed by atoms with Gasteiger partial charge in [0.15, 0.2) is 0 Å². The standard InChI is InChI=1S/C7H12O7/c8-2-4(10)5-3(9)1-7(13,14-5)6(11)12/h3-5,8-10,13H,1-2H2,(H,11,12)/t3-,4-,5-,7+/m1/s1. The summed E-state index contributed by atoms with van der Waals surface area (Å²) >= 11 is 0. The SMILES string of the molecule is O=C(O)[C@]1(O)C[C@@H](O)[C@H]([C@H](O)CO)O1. The van der Waals surface area contributed by atoms with E-state index in [-0.39, 0.29) is 0 Å². The van der Waals surface area contributed by atoms with Crippen LogP contribution < -0.4 is 0 Å². The molecule has 1 aliphatic rings. The summed E-state index contributed by atoms with van der Waals surface area (Å²) in [5, 5.41) is 44.7. The molecule has 0 aromatic rings. The van der Waals surface area contributed by atoms with Crippen LogP contribution in [0.4, 0.5) is 0 Å². The first-order chi connectivity index (χ1) is 6.40. The van der Waals surface area contributed by atoms with Gasteiger partial charge in [-0.05, 0) is 0 Å². The Morgan fingerprint density at radius 3 is 2.57 bits per heavy atom. The molecule has 82 valence electrons.